The van der Waals surface area contributed by atoms with E-state index in [1.165, 1.54) is 18.2 Å². The lowest BCUT2D eigenvalue weighted by molar-refractivity contribution is -0.123. The second-order valence-corrected chi connectivity index (χ2v) is 7.25. The van der Waals surface area contributed by atoms with Gasteiger partial charge in [-0.25, -0.2) is 9.82 Å². The number of rotatable bonds is 7. The maximum absolute atomic E-state index is 13.1. The van der Waals surface area contributed by atoms with Gasteiger partial charge in [-0.15, -0.1) is 0 Å². The molecule has 0 fully saturated rings. The molecule has 2 aromatic rings. The second kappa shape index (κ2) is 10.2. The Labute approximate surface area is 172 Å². The molecule has 6 nitrogen and oxygen atoms in total. The van der Waals surface area contributed by atoms with E-state index in [9.17, 15) is 14.0 Å². The first-order valence-corrected chi connectivity index (χ1v) is 9.37. The molecular formula is C18H16Br2FN3O3. The smallest absolute Gasteiger partial charge is 0.277 e. The van der Waals surface area contributed by atoms with Crippen molar-refractivity contribution in [3.63, 3.8) is 0 Å². The Hall–Kier alpha value is -2.26. The summed E-state index contributed by atoms with van der Waals surface area (Å²) >= 11 is 6.66. The maximum atomic E-state index is 13.1. The highest BCUT2D eigenvalue weighted by Crippen LogP contribution is 2.28. The van der Waals surface area contributed by atoms with Gasteiger partial charge in [0.25, 0.3) is 5.91 Å². The predicted molar refractivity (Wildman–Crippen MR) is 108 cm³/mol. The number of hydrogen-bond acceptors (Lipinski definition) is 4. The lowest BCUT2D eigenvalue weighted by Crippen LogP contribution is -2.26. The summed E-state index contributed by atoms with van der Waals surface area (Å²) in [5.74, 6) is -0.757. The maximum Gasteiger partial charge on any atom is 0.277 e. The number of ether oxygens (including phenoxy) is 1. The van der Waals surface area contributed by atoms with E-state index in [1.54, 1.807) is 31.2 Å². The van der Waals surface area contributed by atoms with Gasteiger partial charge in [-0.1, -0.05) is 22.0 Å². The summed E-state index contributed by atoms with van der Waals surface area (Å²) in [5.41, 5.74) is 3.06. The molecule has 0 radical (unpaired) electrons. The van der Waals surface area contributed by atoms with Crippen molar-refractivity contribution >= 4 is 55.1 Å². The van der Waals surface area contributed by atoms with Crippen LogP contribution in [0.3, 0.4) is 0 Å². The summed E-state index contributed by atoms with van der Waals surface area (Å²) in [5, 5.41) is 6.41. The largest absolute Gasteiger partial charge is 0.483 e. The molecule has 0 aromatic heterocycles. The van der Waals surface area contributed by atoms with Crippen molar-refractivity contribution in [2.75, 3.05) is 11.9 Å². The van der Waals surface area contributed by atoms with Gasteiger partial charge in [0.15, 0.2) is 6.61 Å². The normalized spacial score (nSPS) is 11.0. The van der Waals surface area contributed by atoms with Gasteiger partial charge in [-0.05, 0) is 59.3 Å². The molecule has 142 valence electrons. The molecule has 0 heterocycles. The van der Waals surface area contributed by atoms with Crippen molar-refractivity contribution in [1.82, 2.24) is 5.43 Å². The molecule has 0 saturated heterocycles. The number of amides is 2. The molecule has 0 aliphatic carbocycles. The van der Waals surface area contributed by atoms with E-state index in [0.717, 1.165) is 4.47 Å². The zero-order valence-corrected chi connectivity index (χ0v) is 17.4. The quantitative estimate of drug-likeness (QED) is 0.440. The Morgan fingerprint density at radius 2 is 1.93 bits per heavy atom. The van der Waals surface area contributed by atoms with Gasteiger partial charge in [-0.3, -0.25) is 9.59 Å². The molecule has 0 bridgehead atoms. The van der Waals surface area contributed by atoms with Crippen molar-refractivity contribution in [1.29, 1.82) is 0 Å². The zero-order chi connectivity index (χ0) is 19.8. The van der Waals surface area contributed by atoms with E-state index in [1.807, 2.05) is 0 Å². The van der Waals surface area contributed by atoms with Crippen LogP contribution < -0.4 is 15.5 Å². The summed E-state index contributed by atoms with van der Waals surface area (Å²) in [6, 6.07) is 10.9. The van der Waals surface area contributed by atoms with E-state index in [-0.39, 0.29) is 18.9 Å². The minimum absolute atomic E-state index is 0.0457. The fraction of sp³-hybridized carbons (Fsp3) is 0.167. The molecular weight excluding hydrogens is 485 g/mol. The lowest BCUT2D eigenvalue weighted by Gasteiger charge is -2.08. The molecule has 2 N–H and O–H groups in total. The lowest BCUT2D eigenvalue weighted by atomic mass is 10.2. The molecule has 2 amide bonds. The highest BCUT2D eigenvalue weighted by Gasteiger charge is 2.08. The molecule has 2 aromatic carbocycles. The number of halogens is 3. The van der Waals surface area contributed by atoms with Crippen LogP contribution in [-0.2, 0) is 9.59 Å². The Bertz CT molecular complexity index is 875. The SMILES string of the molecule is C/C(CC(=O)Nc1cccc(F)c1)=N\NC(=O)COc1ccc(Br)cc1Br. The van der Waals surface area contributed by atoms with Crippen LogP contribution >= 0.6 is 31.9 Å². The number of nitrogens with one attached hydrogen (secondary N) is 2. The van der Waals surface area contributed by atoms with E-state index in [0.29, 0.717) is 21.6 Å². The molecule has 0 spiro atoms. The van der Waals surface area contributed by atoms with Gasteiger partial charge in [0.2, 0.25) is 5.91 Å². The standard InChI is InChI=1S/C18H16Br2FN3O3/c1-11(7-17(25)22-14-4-2-3-13(21)9-14)23-24-18(26)10-27-16-6-5-12(19)8-15(16)20/h2-6,8-9H,7,10H2,1H3,(H,22,25)(H,24,26)/b23-11+. The van der Waals surface area contributed by atoms with E-state index < -0.39 is 11.7 Å². The van der Waals surface area contributed by atoms with Crippen LogP contribution in [0.2, 0.25) is 0 Å². The number of benzene rings is 2. The highest BCUT2D eigenvalue weighted by atomic mass is 79.9. The number of carbonyl (C=O) groups is 2. The first-order valence-electron chi connectivity index (χ1n) is 7.79. The Morgan fingerprint density at radius 3 is 2.63 bits per heavy atom. The molecule has 0 saturated carbocycles. The van der Waals surface area contributed by atoms with Crippen LogP contribution in [-0.4, -0.2) is 24.1 Å². The third-order valence-electron chi connectivity index (χ3n) is 3.15. The number of anilines is 1. The Balaban J connectivity index is 1.78. The summed E-state index contributed by atoms with van der Waals surface area (Å²) in [7, 11) is 0. The molecule has 27 heavy (non-hydrogen) atoms. The molecule has 0 unspecified atom stereocenters. The van der Waals surface area contributed by atoms with Gasteiger partial charge in [0.1, 0.15) is 11.6 Å². The average Bonchev–Trinajstić information content (AvgIpc) is 2.59. The van der Waals surface area contributed by atoms with Gasteiger partial charge in [0.05, 0.1) is 10.9 Å². The van der Waals surface area contributed by atoms with Gasteiger partial charge in [0, 0.05) is 15.9 Å². The van der Waals surface area contributed by atoms with Gasteiger partial charge < -0.3 is 10.1 Å². The Morgan fingerprint density at radius 1 is 1.15 bits per heavy atom. The van der Waals surface area contributed by atoms with Crippen LogP contribution in [0.5, 0.6) is 5.75 Å². The number of hydrogen-bond donors (Lipinski definition) is 2. The minimum atomic E-state index is -0.463. The third kappa shape index (κ3) is 7.48. The average molecular weight is 501 g/mol. The molecule has 0 aliphatic heterocycles. The van der Waals surface area contributed by atoms with Crippen molar-refractivity contribution in [3.05, 3.63) is 57.2 Å². The van der Waals surface area contributed by atoms with Crippen molar-refractivity contribution < 1.29 is 18.7 Å². The van der Waals surface area contributed by atoms with Crippen LogP contribution in [0.1, 0.15) is 13.3 Å². The molecule has 2 rings (SSSR count). The zero-order valence-electron chi connectivity index (χ0n) is 14.3. The first-order chi connectivity index (χ1) is 12.8. The summed E-state index contributed by atoms with van der Waals surface area (Å²) in [4.78, 5) is 23.7. The van der Waals surface area contributed by atoms with E-state index in [2.05, 4.69) is 47.7 Å². The van der Waals surface area contributed by atoms with E-state index >= 15 is 0 Å². The highest BCUT2D eigenvalue weighted by molar-refractivity contribution is 9.11. The monoisotopic (exact) mass is 499 g/mol. The predicted octanol–water partition coefficient (Wildman–Crippen LogP) is 4.25. The fourth-order valence-corrected chi connectivity index (χ4v) is 3.13. The summed E-state index contributed by atoms with van der Waals surface area (Å²) in [6.45, 7) is 1.37. The van der Waals surface area contributed by atoms with Crippen molar-refractivity contribution in [3.8, 4) is 5.75 Å². The minimum Gasteiger partial charge on any atom is -0.483 e. The van der Waals surface area contributed by atoms with Crippen LogP contribution in [0.15, 0.2) is 56.5 Å². The van der Waals surface area contributed by atoms with Crippen LogP contribution in [0, 0.1) is 5.82 Å². The molecule has 9 heteroatoms. The van der Waals surface area contributed by atoms with Crippen molar-refractivity contribution in [2.24, 2.45) is 5.10 Å². The van der Waals surface area contributed by atoms with Crippen LogP contribution in [0.25, 0.3) is 0 Å². The molecule has 0 atom stereocenters. The number of carbonyl (C=O) groups excluding carboxylic acids is 2. The Kier molecular flexibility index (Phi) is 7.93. The number of nitrogens with zero attached hydrogens (tertiary/aromatic N) is 1. The van der Waals surface area contributed by atoms with Crippen molar-refractivity contribution in [2.45, 2.75) is 13.3 Å². The van der Waals surface area contributed by atoms with Gasteiger partial charge in [-0.2, -0.15) is 5.10 Å². The topological polar surface area (TPSA) is 79.8 Å². The summed E-state index contributed by atoms with van der Waals surface area (Å²) in [6.07, 6.45) is -0.0457. The van der Waals surface area contributed by atoms with Gasteiger partial charge >= 0.3 is 0 Å². The summed E-state index contributed by atoms with van der Waals surface area (Å²) < 4.78 is 20.1. The van der Waals surface area contributed by atoms with E-state index in [4.69, 9.17) is 4.74 Å². The molecule has 0 aliphatic rings. The van der Waals surface area contributed by atoms with Crippen LogP contribution in [0.4, 0.5) is 10.1 Å². The first kappa shape index (κ1) is 21.0. The number of hydrazone groups is 1. The third-order valence-corrected chi connectivity index (χ3v) is 4.26. The fourth-order valence-electron chi connectivity index (χ4n) is 1.97. The second-order valence-electron chi connectivity index (χ2n) is 5.48.